The standard InChI is InChI=1S/C10H12N4/c11-7-4-5-9-10(6-7)14(13-12-9)8-2-1-3-8/h4-6,8H,1-3,11H2. The van der Waals surface area contributed by atoms with Gasteiger partial charge in [0.05, 0.1) is 11.6 Å². The van der Waals surface area contributed by atoms with Gasteiger partial charge in [-0.25, -0.2) is 4.68 Å². The number of hydrogen-bond donors (Lipinski definition) is 1. The van der Waals surface area contributed by atoms with Gasteiger partial charge in [-0.3, -0.25) is 0 Å². The van der Waals surface area contributed by atoms with Crippen molar-refractivity contribution in [2.45, 2.75) is 25.3 Å². The Morgan fingerprint density at radius 2 is 2.21 bits per heavy atom. The summed E-state index contributed by atoms with van der Waals surface area (Å²) in [6.07, 6.45) is 3.73. The molecule has 2 aromatic rings. The summed E-state index contributed by atoms with van der Waals surface area (Å²) in [6.45, 7) is 0. The van der Waals surface area contributed by atoms with Crippen molar-refractivity contribution in [2.24, 2.45) is 0 Å². The van der Waals surface area contributed by atoms with Crippen LogP contribution in [0.25, 0.3) is 11.0 Å². The molecule has 1 aliphatic carbocycles. The molecule has 3 rings (SSSR count). The molecule has 1 saturated carbocycles. The molecule has 14 heavy (non-hydrogen) atoms. The highest BCUT2D eigenvalue weighted by Crippen LogP contribution is 2.33. The Balaban J connectivity index is 2.18. The van der Waals surface area contributed by atoms with Gasteiger partial charge in [0.15, 0.2) is 0 Å². The fraction of sp³-hybridized carbons (Fsp3) is 0.400. The van der Waals surface area contributed by atoms with Gasteiger partial charge in [-0.15, -0.1) is 5.10 Å². The summed E-state index contributed by atoms with van der Waals surface area (Å²) in [4.78, 5) is 0. The minimum absolute atomic E-state index is 0.543. The van der Waals surface area contributed by atoms with E-state index in [9.17, 15) is 0 Å². The highest BCUT2D eigenvalue weighted by atomic mass is 15.4. The van der Waals surface area contributed by atoms with Crippen molar-refractivity contribution in [2.75, 3.05) is 5.73 Å². The minimum Gasteiger partial charge on any atom is -0.399 e. The number of anilines is 1. The number of nitrogens with two attached hydrogens (primary N) is 1. The lowest BCUT2D eigenvalue weighted by molar-refractivity contribution is 0.292. The first-order valence-corrected chi connectivity index (χ1v) is 4.95. The van der Waals surface area contributed by atoms with E-state index in [4.69, 9.17) is 5.73 Å². The summed E-state index contributed by atoms with van der Waals surface area (Å²) in [5.41, 5.74) is 8.52. The first-order chi connectivity index (χ1) is 6.84. The van der Waals surface area contributed by atoms with E-state index < -0.39 is 0 Å². The largest absolute Gasteiger partial charge is 0.399 e. The Morgan fingerprint density at radius 1 is 1.36 bits per heavy atom. The van der Waals surface area contributed by atoms with Crippen molar-refractivity contribution in [1.29, 1.82) is 0 Å². The number of benzene rings is 1. The van der Waals surface area contributed by atoms with E-state index in [2.05, 4.69) is 10.3 Å². The molecule has 1 heterocycles. The monoisotopic (exact) mass is 188 g/mol. The third-order valence-corrected chi connectivity index (χ3v) is 2.92. The Kier molecular flexibility index (Phi) is 1.50. The predicted molar refractivity (Wildman–Crippen MR) is 54.8 cm³/mol. The molecular weight excluding hydrogens is 176 g/mol. The molecule has 0 saturated heterocycles. The predicted octanol–water partition coefficient (Wildman–Crippen LogP) is 1.74. The lowest BCUT2D eigenvalue weighted by Gasteiger charge is -2.25. The average molecular weight is 188 g/mol. The van der Waals surface area contributed by atoms with E-state index in [-0.39, 0.29) is 0 Å². The maximum Gasteiger partial charge on any atom is 0.113 e. The Hall–Kier alpha value is -1.58. The van der Waals surface area contributed by atoms with Crippen LogP contribution in [0.15, 0.2) is 18.2 Å². The molecule has 72 valence electrons. The van der Waals surface area contributed by atoms with Gasteiger partial charge < -0.3 is 5.73 Å². The first-order valence-electron chi connectivity index (χ1n) is 4.95. The molecule has 4 heteroatoms. The summed E-state index contributed by atoms with van der Waals surface area (Å²) in [5.74, 6) is 0. The van der Waals surface area contributed by atoms with E-state index in [0.717, 1.165) is 16.7 Å². The van der Waals surface area contributed by atoms with E-state index in [1.165, 1.54) is 19.3 Å². The lowest BCUT2D eigenvalue weighted by atomic mass is 9.93. The van der Waals surface area contributed by atoms with Crippen LogP contribution in [0.3, 0.4) is 0 Å². The second-order valence-corrected chi connectivity index (χ2v) is 3.87. The molecule has 0 spiro atoms. The third-order valence-electron chi connectivity index (χ3n) is 2.92. The van der Waals surface area contributed by atoms with Gasteiger partial charge in [-0.1, -0.05) is 5.21 Å². The summed E-state index contributed by atoms with van der Waals surface area (Å²) >= 11 is 0. The SMILES string of the molecule is Nc1ccc2nnn(C3CCC3)c2c1. The van der Waals surface area contributed by atoms with Crippen LogP contribution in [-0.4, -0.2) is 15.0 Å². The smallest absolute Gasteiger partial charge is 0.113 e. The van der Waals surface area contributed by atoms with E-state index in [0.29, 0.717) is 6.04 Å². The zero-order chi connectivity index (χ0) is 9.54. The molecule has 0 bridgehead atoms. The van der Waals surface area contributed by atoms with Gasteiger partial charge in [0, 0.05) is 5.69 Å². The molecule has 2 N–H and O–H groups in total. The van der Waals surface area contributed by atoms with Crippen LogP contribution < -0.4 is 5.73 Å². The first kappa shape index (κ1) is 7.79. The van der Waals surface area contributed by atoms with E-state index in [1.54, 1.807) is 0 Å². The average Bonchev–Trinajstić information content (AvgIpc) is 2.46. The van der Waals surface area contributed by atoms with Crippen LogP contribution in [-0.2, 0) is 0 Å². The Labute approximate surface area is 81.7 Å². The molecule has 1 aromatic carbocycles. The maximum absolute atomic E-state index is 5.74. The molecule has 1 aliphatic rings. The zero-order valence-corrected chi connectivity index (χ0v) is 7.85. The highest BCUT2D eigenvalue weighted by Gasteiger charge is 2.22. The number of rotatable bonds is 1. The minimum atomic E-state index is 0.543. The maximum atomic E-state index is 5.74. The van der Waals surface area contributed by atoms with E-state index >= 15 is 0 Å². The fourth-order valence-corrected chi connectivity index (χ4v) is 1.85. The van der Waals surface area contributed by atoms with Gasteiger partial charge in [0.25, 0.3) is 0 Å². The van der Waals surface area contributed by atoms with Crippen molar-refractivity contribution in [1.82, 2.24) is 15.0 Å². The molecule has 0 aliphatic heterocycles. The number of nitrogens with zero attached hydrogens (tertiary/aromatic N) is 3. The van der Waals surface area contributed by atoms with Gasteiger partial charge in [-0.2, -0.15) is 0 Å². The lowest BCUT2D eigenvalue weighted by Crippen LogP contribution is -2.18. The van der Waals surface area contributed by atoms with Crippen LogP contribution in [0, 0.1) is 0 Å². The van der Waals surface area contributed by atoms with Gasteiger partial charge in [0.2, 0.25) is 0 Å². The van der Waals surface area contributed by atoms with Crippen LogP contribution in [0.2, 0.25) is 0 Å². The molecule has 1 aromatic heterocycles. The van der Waals surface area contributed by atoms with Crippen LogP contribution in [0.5, 0.6) is 0 Å². The molecular formula is C10H12N4. The summed E-state index contributed by atoms with van der Waals surface area (Å²) in [5, 5.41) is 8.29. The van der Waals surface area contributed by atoms with Crippen molar-refractivity contribution < 1.29 is 0 Å². The normalized spacial score (nSPS) is 17.1. The second kappa shape index (κ2) is 2.70. The van der Waals surface area contributed by atoms with Crippen molar-refractivity contribution in [3.8, 4) is 0 Å². The summed E-state index contributed by atoms with van der Waals surface area (Å²) in [6, 6.07) is 6.28. The number of aromatic nitrogens is 3. The second-order valence-electron chi connectivity index (χ2n) is 3.87. The Morgan fingerprint density at radius 3 is 2.93 bits per heavy atom. The van der Waals surface area contributed by atoms with Gasteiger partial charge in [-0.05, 0) is 37.5 Å². The Bertz CT molecular complexity index is 470. The molecule has 0 atom stereocenters. The van der Waals surface area contributed by atoms with Crippen molar-refractivity contribution in [3.05, 3.63) is 18.2 Å². The zero-order valence-electron chi connectivity index (χ0n) is 7.85. The topological polar surface area (TPSA) is 56.7 Å². The van der Waals surface area contributed by atoms with Crippen LogP contribution in [0.4, 0.5) is 5.69 Å². The van der Waals surface area contributed by atoms with Crippen molar-refractivity contribution >= 4 is 16.7 Å². The van der Waals surface area contributed by atoms with Crippen molar-refractivity contribution in [3.63, 3.8) is 0 Å². The number of hydrogen-bond acceptors (Lipinski definition) is 3. The molecule has 4 nitrogen and oxygen atoms in total. The molecule has 1 fully saturated rings. The van der Waals surface area contributed by atoms with Gasteiger partial charge in [0.1, 0.15) is 5.52 Å². The molecule has 0 radical (unpaired) electrons. The van der Waals surface area contributed by atoms with Crippen LogP contribution >= 0.6 is 0 Å². The fourth-order valence-electron chi connectivity index (χ4n) is 1.85. The van der Waals surface area contributed by atoms with Crippen LogP contribution in [0.1, 0.15) is 25.3 Å². The number of nitrogen functional groups attached to an aromatic ring is 1. The highest BCUT2D eigenvalue weighted by molar-refractivity contribution is 5.78. The summed E-state index contributed by atoms with van der Waals surface area (Å²) < 4.78 is 2.01. The third kappa shape index (κ3) is 0.999. The summed E-state index contributed by atoms with van der Waals surface area (Å²) in [7, 11) is 0. The quantitative estimate of drug-likeness (QED) is 0.693. The number of fused-ring (bicyclic) bond motifs is 1. The molecule has 0 amide bonds. The van der Waals surface area contributed by atoms with Gasteiger partial charge >= 0.3 is 0 Å². The van der Waals surface area contributed by atoms with E-state index in [1.807, 2.05) is 22.9 Å². The molecule has 0 unspecified atom stereocenters.